The minimum atomic E-state index is -0.269. The van der Waals surface area contributed by atoms with Gasteiger partial charge in [-0.3, -0.25) is 0 Å². The van der Waals surface area contributed by atoms with Crippen molar-refractivity contribution in [1.82, 2.24) is 15.0 Å². The summed E-state index contributed by atoms with van der Waals surface area (Å²) in [4.78, 5) is 0. The van der Waals surface area contributed by atoms with Crippen molar-refractivity contribution in [3.05, 3.63) is 41.5 Å². The van der Waals surface area contributed by atoms with Gasteiger partial charge in [-0.1, -0.05) is 37.3 Å². The standard InChI is InChI=1S/C17H22FN3O/c18-14-7-9-15(10-8-14)21-17(16(12-22)19-20-21)11-6-13-4-2-1-3-5-13/h7-10,13,22H,1-6,11-12H2. The second-order valence-electron chi connectivity index (χ2n) is 6.07. The van der Waals surface area contributed by atoms with Gasteiger partial charge in [0.2, 0.25) is 0 Å². The maximum atomic E-state index is 13.1. The molecule has 0 spiro atoms. The van der Waals surface area contributed by atoms with Gasteiger partial charge >= 0.3 is 0 Å². The summed E-state index contributed by atoms with van der Waals surface area (Å²) in [6.45, 7) is -0.110. The molecule has 1 heterocycles. The summed E-state index contributed by atoms with van der Waals surface area (Å²) in [7, 11) is 0. The van der Waals surface area contributed by atoms with Gasteiger partial charge in [-0.25, -0.2) is 9.07 Å². The number of halogens is 1. The van der Waals surface area contributed by atoms with Crippen LogP contribution in [0.15, 0.2) is 24.3 Å². The largest absolute Gasteiger partial charge is 0.390 e. The number of rotatable bonds is 5. The Bertz CT molecular complexity index is 603. The molecule has 0 saturated heterocycles. The van der Waals surface area contributed by atoms with Gasteiger partial charge in [0.05, 0.1) is 18.0 Å². The molecule has 1 saturated carbocycles. The Morgan fingerprint density at radius 2 is 1.86 bits per heavy atom. The van der Waals surface area contributed by atoms with Gasteiger partial charge in [-0.15, -0.1) is 5.10 Å². The van der Waals surface area contributed by atoms with Gasteiger partial charge in [0.25, 0.3) is 0 Å². The molecule has 0 atom stereocenters. The molecular formula is C17H22FN3O. The van der Waals surface area contributed by atoms with Crippen molar-refractivity contribution in [3.8, 4) is 5.69 Å². The fourth-order valence-corrected chi connectivity index (χ4v) is 3.31. The van der Waals surface area contributed by atoms with Crippen molar-refractivity contribution in [3.63, 3.8) is 0 Å². The first-order valence-electron chi connectivity index (χ1n) is 8.08. The van der Waals surface area contributed by atoms with Crippen molar-refractivity contribution in [2.75, 3.05) is 0 Å². The Balaban J connectivity index is 1.79. The van der Waals surface area contributed by atoms with Gasteiger partial charge in [0.15, 0.2) is 0 Å². The minimum Gasteiger partial charge on any atom is -0.390 e. The molecule has 4 nitrogen and oxygen atoms in total. The molecule has 22 heavy (non-hydrogen) atoms. The van der Waals surface area contributed by atoms with Crippen LogP contribution >= 0.6 is 0 Å². The van der Waals surface area contributed by atoms with Crippen LogP contribution in [0.2, 0.25) is 0 Å². The van der Waals surface area contributed by atoms with E-state index in [-0.39, 0.29) is 12.4 Å². The van der Waals surface area contributed by atoms with Crippen molar-refractivity contribution in [1.29, 1.82) is 0 Å². The summed E-state index contributed by atoms with van der Waals surface area (Å²) in [6.07, 6.45) is 8.55. The summed E-state index contributed by atoms with van der Waals surface area (Å²) in [5.74, 6) is 0.492. The number of hydrogen-bond acceptors (Lipinski definition) is 3. The quantitative estimate of drug-likeness (QED) is 0.921. The predicted molar refractivity (Wildman–Crippen MR) is 82.1 cm³/mol. The molecular weight excluding hydrogens is 281 g/mol. The van der Waals surface area contributed by atoms with Crippen LogP contribution in [0.3, 0.4) is 0 Å². The summed E-state index contributed by atoms with van der Waals surface area (Å²) < 4.78 is 14.8. The van der Waals surface area contributed by atoms with Gasteiger partial charge in [0, 0.05) is 0 Å². The van der Waals surface area contributed by atoms with E-state index in [0.29, 0.717) is 5.69 Å². The first-order valence-corrected chi connectivity index (χ1v) is 8.08. The minimum absolute atomic E-state index is 0.110. The van der Waals surface area contributed by atoms with Gasteiger partial charge < -0.3 is 5.11 Å². The number of aliphatic hydroxyl groups is 1. The Labute approximate surface area is 130 Å². The molecule has 5 heteroatoms. The van der Waals surface area contributed by atoms with Gasteiger partial charge in [0.1, 0.15) is 11.5 Å². The molecule has 3 rings (SSSR count). The SMILES string of the molecule is OCc1nnn(-c2ccc(F)cc2)c1CCC1CCCCC1. The molecule has 1 N–H and O–H groups in total. The number of hydrogen-bond donors (Lipinski definition) is 1. The van der Waals surface area contributed by atoms with Gasteiger partial charge in [-0.2, -0.15) is 0 Å². The van der Waals surface area contributed by atoms with E-state index < -0.39 is 0 Å². The molecule has 0 aliphatic heterocycles. The first-order chi connectivity index (χ1) is 10.8. The Hall–Kier alpha value is -1.75. The zero-order valence-corrected chi connectivity index (χ0v) is 12.7. The van der Waals surface area contributed by atoms with E-state index in [2.05, 4.69) is 10.3 Å². The van der Waals surface area contributed by atoms with Crippen LogP contribution in [0.5, 0.6) is 0 Å². The van der Waals surface area contributed by atoms with E-state index in [0.717, 1.165) is 30.1 Å². The van der Waals surface area contributed by atoms with Crippen LogP contribution in [0, 0.1) is 11.7 Å². The van der Waals surface area contributed by atoms with E-state index >= 15 is 0 Å². The first kappa shape index (κ1) is 15.2. The van der Waals surface area contributed by atoms with E-state index in [4.69, 9.17) is 0 Å². The molecule has 0 unspecified atom stereocenters. The maximum absolute atomic E-state index is 13.1. The topological polar surface area (TPSA) is 50.9 Å². The highest BCUT2D eigenvalue weighted by atomic mass is 19.1. The van der Waals surface area contributed by atoms with Crippen LogP contribution in [0.4, 0.5) is 4.39 Å². The second kappa shape index (κ2) is 7.01. The second-order valence-corrected chi connectivity index (χ2v) is 6.07. The van der Waals surface area contributed by atoms with E-state index in [1.165, 1.54) is 44.2 Å². The van der Waals surface area contributed by atoms with Crippen molar-refractivity contribution in [2.24, 2.45) is 5.92 Å². The van der Waals surface area contributed by atoms with Gasteiger partial charge in [-0.05, 0) is 43.0 Å². The number of aromatic nitrogens is 3. The number of aliphatic hydroxyl groups excluding tert-OH is 1. The van der Waals surface area contributed by atoms with Crippen molar-refractivity contribution >= 4 is 0 Å². The smallest absolute Gasteiger partial charge is 0.123 e. The van der Waals surface area contributed by atoms with E-state index in [9.17, 15) is 9.50 Å². The average Bonchev–Trinajstić information content (AvgIpc) is 2.97. The monoisotopic (exact) mass is 303 g/mol. The maximum Gasteiger partial charge on any atom is 0.123 e. The lowest BCUT2D eigenvalue weighted by molar-refractivity contribution is 0.274. The summed E-state index contributed by atoms with van der Waals surface area (Å²) in [6, 6.07) is 6.21. The summed E-state index contributed by atoms with van der Waals surface area (Å²) in [5.41, 5.74) is 2.35. The van der Waals surface area contributed by atoms with Crippen LogP contribution in [-0.2, 0) is 13.0 Å². The van der Waals surface area contributed by atoms with E-state index in [1.807, 2.05) is 0 Å². The fraction of sp³-hybridized carbons (Fsp3) is 0.529. The lowest BCUT2D eigenvalue weighted by atomic mass is 9.85. The number of benzene rings is 1. The third-order valence-corrected chi connectivity index (χ3v) is 4.58. The average molecular weight is 303 g/mol. The van der Waals surface area contributed by atoms with Crippen LogP contribution in [0.25, 0.3) is 5.69 Å². The molecule has 1 aromatic heterocycles. The van der Waals surface area contributed by atoms with Crippen LogP contribution < -0.4 is 0 Å². The molecule has 118 valence electrons. The lowest BCUT2D eigenvalue weighted by Crippen LogP contribution is -2.10. The zero-order chi connectivity index (χ0) is 15.4. The molecule has 0 amide bonds. The molecule has 1 aromatic carbocycles. The lowest BCUT2D eigenvalue weighted by Gasteiger charge is -2.21. The Morgan fingerprint density at radius 1 is 1.14 bits per heavy atom. The normalized spacial score (nSPS) is 16.1. The highest BCUT2D eigenvalue weighted by Gasteiger charge is 2.18. The third-order valence-electron chi connectivity index (χ3n) is 4.58. The molecule has 1 aliphatic carbocycles. The molecule has 1 fully saturated rings. The third kappa shape index (κ3) is 3.35. The predicted octanol–water partition coefficient (Wildman–Crippen LogP) is 3.41. The Kier molecular flexibility index (Phi) is 4.83. The van der Waals surface area contributed by atoms with E-state index in [1.54, 1.807) is 16.8 Å². The Morgan fingerprint density at radius 3 is 2.55 bits per heavy atom. The highest BCUT2D eigenvalue weighted by molar-refractivity contribution is 5.33. The number of nitrogens with zero attached hydrogens (tertiary/aromatic N) is 3. The highest BCUT2D eigenvalue weighted by Crippen LogP contribution is 2.28. The zero-order valence-electron chi connectivity index (χ0n) is 12.7. The molecule has 0 radical (unpaired) electrons. The van der Waals surface area contributed by atoms with Crippen LogP contribution in [0.1, 0.15) is 49.9 Å². The fourth-order valence-electron chi connectivity index (χ4n) is 3.31. The molecule has 0 bridgehead atoms. The molecule has 2 aromatic rings. The van der Waals surface area contributed by atoms with Crippen LogP contribution in [-0.4, -0.2) is 20.1 Å². The van der Waals surface area contributed by atoms with Crippen molar-refractivity contribution in [2.45, 2.75) is 51.6 Å². The van der Waals surface area contributed by atoms with Crippen molar-refractivity contribution < 1.29 is 9.50 Å². The molecule has 1 aliphatic rings. The summed E-state index contributed by atoms with van der Waals surface area (Å²) >= 11 is 0. The summed E-state index contributed by atoms with van der Waals surface area (Å²) in [5, 5.41) is 17.7.